The van der Waals surface area contributed by atoms with Gasteiger partial charge in [-0.25, -0.2) is 0 Å². The maximum absolute atomic E-state index is 11.7. The Balaban J connectivity index is 2.65. The van der Waals surface area contributed by atoms with Gasteiger partial charge in [0.15, 0.2) is 0 Å². The molecule has 6 nitrogen and oxygen atoms in total. The van der Waals surface area contributed by atoms with Crippen molar-refractivity contribution in [2.24, 2.45) is 5.73 Å². The third kappa shape index (κ3) is 5.90. The third-order valence-electron chi connectivity index (χ3n) is 2.68. The third-order valence-corrected chi connectivity index (χ3v) is 2.68. The number of aliphatic carboxylic acids is 1. The molecule has 112 valence electrons. The molecule has 0 aliphatic carbocycles. The van der Waals surface area contributed by atoms with E-state index < -0.39 is 17.4 Å². The Labute approximate surface area is 122 Å². The van der Waals surface area contributed by atoms with Gasteiger partial charge in [0.2, 0.25) is 11.8 Å². The minimum Gasteiger partial charge on any atom is -0.481 e. The molecule has 1 aromatic carbocycles. The Bertz CT molecular complexity index is 574. The van der Waals surface area contributed by atoms with Crippen molar-refractivity contribution in [2.75, 3.05) is 0 Å². The molecule has 1 rings (SSSR count). The number of nitrogens with one attached hydrogen (secondary N) is 1. The van der Waals surface area contributed by atoms with Crippen LogP contribution in [0.5, 0.6) is 0 Å². The smallest absolute Gasteiger partial charge is 0.305 e. The Morgan fingerprint density at radius 1 is 1.24 bits per heavy atom. The molecule has 0 fully saturated rings. The maximum atomic E-state index is 11.7. The second kappa shape index (κ2) is 6.69. The molecule has 6 heteroatoms. The summed E-state index contributed by atoms with van der Waals surface area (Å²) in [7, 11) is 0. The first-order valence-corrected chi connectivity index (χ1v) is 6.31. The monoisotopic (exact) mass is 290 g/mol. The van der Waals surface area contributed by atoms with Crippen LogP contribution in [0.4, 0.5) is 0 Å². The van der Waals surface area contributed by atoms with E-state index in [0.717, 1.165) is 5.56 Å². The number of nitrogens with two attached hydrogens (primary N) is 1. The molecule has 0 radical (unpaired) electrons. The van der Waals surface area contributed by atoms with Gasteiger partial charge in [-0.05, 0) is 37.6 Å². The molecule has 0 aliphatic rings. The molecular weight excluding hydrogens is 272 g/mol. The Kier molecular flexibility index (Phi) is 5.24. The lowest BCUT2D eigenvalue weighted by atomic mass is 10.0. The highest BCUT2D eigenvalue weighted by Crippen LogP contribution is 2.09. The second-order valence-corrected chi connectivity index (χ2v) is 5.26. The summed E-state index contributed by atoms with van der Waals surface area (Å²) >= 11 is 0. The van der Waals surface area contributed by atoms with E-state index in [1.54, 1.807) is 44.2 Å². The normalized spacial score (nSPS) is 11.3. The summed E-state index contributed by atoms with van der Waals surface area (Å²) < 4.78 is 0. The van der Waals surface area contributed by atoms with E-state index in [4.69, 9.17) is 10.8 Å². The maximum Gasteiger partial charge on any atom is 0.305 e. The van der Waals surface area contributed by atoms with Crippen LogP contribution in [0.2, 0.25) is 0 Å². The van der Waals surface area contributed by atoms with Gasteiger partial charge in [0.25, 0.3) is 0 Å². The second-order valence-electron chi connectivity index (χ2n) is 5.26. The lowest BCUT2D eigenvalue weighted by Gasteiger charge is -2.23. The minimum atomic E-state index is -0.980. The number of carbonyl (C=O) groups excluding carboxylic acids is 2. The molecular formula is C15H18N2O4. The van der Waals surface area contributed by atoms with E-state index in [2.05, 4.69) is 5.32 Å². The fraction of sp³-hybridized carbons (Fsp3) is 0.267. The van der Waals surface area contributed by atoms with Crippen LogP contribution in [-0.4, -0.2) is 28.4 Å². The summed E-state index contributed by atoms with van der Waals surface area (Å²) in [6.07, 6.45) is 2.71. The standard InChI is InChI=1S/C15H18N2O4/c1-15(2,9-13(19)20)17-12(18)8-5-10-3-6-11(7-4-10)14(16)21/h3-8H,9H2,1-2H3,(H2,16,21)(H,17,18)(H,19,20). The number of rotatable bonds is 6. The first-order chi connectivity index (χ1) is 9.69. The number of amides is 2. The van der Waals surface area contributed by atoms with E-state index in [-0.39, 0.29) is 12.3 Å². The summed E-state index contributed by atoms with van der Waals surface area (Å²) in [4.78, 5) is 33.3. The largest absolute Gasteiger partial charge is 0.481 e. The van der Waals surface area contributed by atoms with Crippen LogP contribution in [0.15, 0.2) is 30.3 Å². The molecule has 4 N–H and O–H groups in total. The molecule has 0 aromatic heterocycles. The minimum absolute atomic E-state index is 0.167. The predicted molar refractivity (Wildman–Crippen MR) is 78.5 cm³/mol. The molecule has 0 saturated carbocycles. The lowest BCUT2D eigenvalue weighted by Crippen LogP contribution is -2.44. The summed E-state index contributed by atoms with van der Waals surface area (Å²) in [6, 6.07) is 6.45. The number of carboxylic acid groups (broad SMARTS) is 1. The van der Waals surface area contributed by atoms with Gasteiger partial charge in [0, 0.05) is 17.2 Å². The zero-order valence-electron chi connectivity index (χ0n) is 11.9. The van der Waals surface area contributed by atoms with Gasteiger partial charge in [-0.15, -0.1) is 0 Å². The van der Waals surface area contributed by atoms with Gasteiger partial charge in [-0.1, -0.05) is 12.1 Å². The Hall–Kier alpha value is -2.63. The van der Waals surface area contributed by atoms with Crippen LogP contribution in [0.1, 0.15) is 36.2 Å². The lowest BCUT2D eigenvalue weighted by molar-refractivity contribution is -0.138. The molecule has 1 aromatic rings. The summed E-state index contributed by atoms with van der Waals surface area (Å²) in [5.74, 6) is -1.88. The van der Waals surface area contributed by atoms with Crippen LogP contribution in [0.25, 0.3) is 6.08 Å². The van der Waals surface area contributed by atoms with E-state index >= 15 is 0 Å². The molecule has 0 aliphatic heterocycles. The highest BCUT2D eigenvalue weighted by atomic mass is 16.4. The predicted octanol–water partition coefficient (Wildman–Crippen LogP) is 1.17. The number of carboxylic acids is 1. The quantitative estimate of drug-likeness (QED) is 0.683. The number of hydrogen-bond acceptors (Lipinski definition) is 3. The van der Waals surface area contributed by atoms with Crippen molar-refractivity contribution >= 4 is 23.9 Å². The molecule has 21 heavy (non-hydrogen) atoms. The molecule has 2 amide bonds. The Morgan fingerprint density at radius 3 is 2.29 bits per heavy atom. The van der Waals surface area contributed by atoms with Gasteiger partial charge in [-0.2, -0.15) is 0 Å². The van der Waals surface area contributed by atoms with Gasteiger partial charge >= 0.3 is 5.97 Å². The van der Waals surface area contributed by atoms with Gasteiger partial charge in [0.05, 0.1) is 6.42 Å². The Morgan fingerprint density at radius 2 is 1.81 bits per heavy atom. The fourth-order valence-corrected chi connectivity index (χ4v) is 1.73. The summed E-state index contributed by atoms with van der Waals surface area (Å²) in [6.45, 7) is 3.27. The molecule has 0 saturated heterocycles. The van der Waals surface area contributed by atoms with Crippen molar-refractivity contribution in [3.05, 3.63) is 41.5 Å². The fourth-order valence-electron chi connectivity index (χ4n) is 1.73. The van der Waals surface area contributed by atoms with Crippen LogP contribution in [-0.2, 0) is 9.59 Å². The van der Waals surface area contributed by atoms with Crippen molar-refractivity contribution < 1.29 is 19.5 Å². The van der Waals surface area contributed by atoms with Crippen molar-refractivity contribution in [1.29, 1.82) is 0 Å². The van der Waals surface area contributed by atoms with Crippen LogP contribution < -0.4 is 11.1 Å². The van der Waals surface area contributed by atoms with E-state index in [0.29, 0.717) is 5.56 Å². The summed E-state index contributed by atoms with van der Waals surface area (Å²) in [5.41, 5.74) is 5.41. The van der Waals surface area contributed by atoms with Crippen LogP contribution >= 0.6 is 0 Å². The van der Waals surface area contributed by atoms with Gasteiger partial charge in [0.1, 0.15) is 0 Å². The van der Waals surface area contributed by atoms with Crippen LogP contribution in [0, 0.1) is 0 Å². The highest BCUT2D eigenvalue weighted by molar-refractivity contribution is 5.94. The first kappa shape index (κ1) is 16.4. The number of primary amides is 1. The topological polar surface area (TPSA) is 109 Å². The highest BCUT2D eigenvalue weighted by Gasteiger charge is 2.22. The molecule has 0 unspecified atom stereocenters. The summed E-state index contributed by atoms with van der Waals surface area (Å²) in [5, 5.41) is 11.3. The first-order valence-electron chi connectivity index (χ1n) is 6.31. The zero-order chi connectivity index (χ0) is 16.0. The average Bonchev–Trinajstić information content (AvgIpc) is 2.34. The molecule has 0 atom stereocenters. The molecule has 0 spiro atoms. The van der Waals surface area contributed by atoms with Crippen molar-refractivity contribution in [3.63, 3.8) is 0 Å². The number of hydrogen-bond donors (Lipinski definition) is 3. The number of carbonyl (C=O) groups is 3. The van der Waals surface area contributed by atoms with Crippen LogP contribution in [0.3, 0.4) is 0 Å². The van der Waals surface area contributed by atoms with E-state index in [1.807, 2.05) is 0 Å². The molecule has 0 heterocycles. The van der Waals surface area contributed by atoms with Gasteiger partial charge in [-0.3, -0.25) is 14.4 Å². The van der Waals surface area contributed by atoms with E-state index in [1.165, 1.54) is 6.08 Å². The SMILES string of the molecule is CC(C)(CC(=O)O)NC(=O)C=Cc1ccc(C(N)=O)cc1. The molecule has 0 bridgehead atoms. The zero-order valence-corrected chi connectivity index (χ0v) is 11.9. The van der Waals surface area contributed by atoms with Crippen molar-refractivity contribution in [1.82, 2.24) is 5.32 Å². The van der Waals surface area contributed by atoms with Crippen molar-refractivity contribution in [3.8, 4) is 0 Å². The van der Waals surface area contributed by atoms with E-state index in [9.17, 15) is 14.4 Å². The average molecular weight is 290 g/mol. The van der Waals surface area contributed by atoms with Gasteiger partial charge < -0.3 is 16.2 Å². The van der Waals surface area contributed by atoms with Crippen molar-refractivity contribution in [2.45, 2.75) is 25.8 Å². The number of benzene rings is 1.